The molecule has 1 aliphatic rings. The Balaban J connectivity index is 1.61. The number of aromatic nitrogens is 1. The molecule has 1 atom stereocenters. The Kier molecular flexibility index (Phi) is 8.68. The van der Waals surface area contributed by atoms with Gasteiger partial charge in [-0.2, -0.15) is 0 Å². The van der Waals surface area contributed by atoms with E-state index in [1.165, 1.54) is 25.3 Å². The number of phenolic OH excluding ortho intramolecular Hbond substituents is 1. The number of amides is 1. The zero-order chi connectivity index (χ0) is 31.5. The van der Waals surface area contributed by atoms with E-state index in [9.17, 15) is 24.6 Å². The summed E-state index contributed by atoms with van der Waals surface area (Å²) >= 11 is 0.895. The highest BCUT2D eigenvalue weighted by Crippen LogP contribution is 2.45. The number of hydrogen-bond acceptors (Lipinski definition) is 10. The average molecular weight is 615 g/mol. The van der Waals surface area contributed by atoms with Gasteiger partial charge >= 0.3 is 11.9 Å². The average Bonchev–Trinajstić information content (AvgIpc) is 3.53. The van der Waals surface area contributed by atoms with Gasteiger partial charge in [0.05, 0.1) is 31.0 Å². The number of aryl methyl sites for hydroxylation is 2. The van der Waals surface area contributed by atoms with Gasteiger partial charge in [0.1, 0.15) is 23.0 Å². The van der Waals surface area contributed by atoms with Crippen LogP contribution >= 0.6 is 11.3 Å². The standard InChI is InChI=1S/C33H30N2O8S/c1-5-42-25-16-21(11-13-23(25)36)27-26(29(38)31(39)35(27)33-34-19(3)30(44-33)32(40)41-4)28(37)22-12-14-24(18(2)15-22)43-17-20-9-7-6-8-10-20/h6-16,27,36-37H,5,17H2,1-4H3/b28-26+/t27-/m0/s1. The summed E-state index contributed by atoms with van der Waals surface area (Å²) in [6, 6.07) is 17.9. The Labute approximate surface area is 257 Å². The van der Waals surface area contributed by atoms with E-state index in [0.29, 0.717) is 34.7 Å². The number of esters is 1. The van der Waals surface area contributed by atoms with Crippen LogP contribution in [-0.2, 0) is 20.9 Å². The number of rotatable bonds is 9. The van der Waals surface area contributed by atoms with Crippen LogP contribution in [0.5, 0.6) is 17.2 Å². The molecule has 2 heterocycles. The van der Waals surface area contributed by atoms with Gasteiger partial charge in [0.2, 0.25) is 0 Å². The summed E-state index contributed by atoms with van der Waals surface area (Å²) in [6.07, 6.45) is 0. The van der Waals surface area contributed by atoms with E-state index in [2.05, 4.69) is 4.98 Å². The molecule has 1 aromatic heterocycles. The van der Waals surface area contributed by atoms with Crippen molar-refractivity contribution < 1.29 is 38.8 Å². The third kappa shape index (κ3) is 5.73. The Morgan fingerprint density at radius 1 is 1.00 bits per heavy atom. The number of hydrogen-bond donors (Lipinski definition) is 2. The molecule has 3 aromatic carbocycles. The monoisotopic (exact) mass is 614 g/mol. The molecule has 10 nitrogen and oxygen atoms in total. The summed E-state index contributed by atoms with van der Waals surface area (Å²) in [4.78, 5) is 45.3. The number of aliphatic hydroxyl groups excluding tert-OH is 1. The number of ether oxygens (including phenoxy) is 3. The van der Waals surface area contributed by atoms with Crippen LogP contribution in [0.25, 0.3) is 5.76 Å². The Morgan fingerprint density at radius 3 is 2.43 bits per heavy atom. The first-order chi connectivity index (χ1) is 21.1. The number of phenols is 1. The maximum absolute atomic E-state index is 13.6. The number of aromatic hydroxyl groups is 1. The first kappa shape index (κ1) is 30.3. The van der Waals surface area contributed by atoms with Crippen molar-refractivity contribution in [3.05, 3.63) is 105 Å². The third-order valence-electron chi connectivity index (χ3n) is 7.09. The van der Waals surface area contributed by atoms with E-state index in [0.717, 1.165) is 21.8 Å². The van der Waals surface area contributed by atoms with E-state index in [1.807, 2.05) is 37.3 Å². The van der Waals surface area contributed by atoms with Crippen molar-refractivity contribution in [3.8, 4) is 17.2 Å². The van der Waals surface area contributed by atoms with Crippen LogP contribution < -0.4 is 14.4 Å². The molecular formula is C33H30N2O8S. The number of carbonyl (C=O) groups excluding carboxylic acids is 3. The molecule has 2 N–H and O–H groups in total. The highest BCUT2D eigenvalue weighted by molar-refractivity contribution is 7.17. The van der Waals surface area contributed by atoms with Gasteiger partial charge in [0, 0.05) is 5.56 Å². The van der Waals surface area contributed by atoms with Crippen LogP contribution in [0.4, 0.5) is 5.13 Å². The summed E-state index contributed by atoms with van der Waals surface area (Å²) in [5.74, 6) is -2.31. The summed E-state index contributed by atoms with van der Waals surface area (Å²) < 4.78 is 16.4. The maximum Gasteiger partial charge on any atom is 0.350 e. The zero-order valence-corrected chi connectivity index (χ0v) is 25.3. The van der Waals surface area contributed by atoms with Gasteiger partial charge in [0.25, 0.3) is 5.78 Å². The molecule has 0 spiro atoms. The molecule has 226 valence electrons. The van der Waals surface area contributed by atoms with Gasteiger partial charge in [-0.05, 0) is 67.8 Å². The number of carbonyl (C=O) groups is 3. The van der Waals surface area contributed by atoms with Crippen LogP contribution in [0.15, 0.2) is 72.3 Å². The number of ketones is 1. The molecule has 1 aliphatic heterocycles. The topological polar surface area (TPSA) is 135 Å². The van der Waals surface area contributed by atoms with Gasteiger partial charge in [0.15, 0.2) is 16.6 Å². The second kappa shape index (κ2) is 12.6. The minimum atomic E-state index is -1.15. The molecule has 0 saturated carbocycles. The number of methoxy groups -OCH3 is 1. The van der Waals surface area contributed by atoms with Crippen LogP contribution in [0, 0.1) is 13.8 Å². The van der Waals surface area contributed by atoms with E-state index in [4.69, 9.17) is 14.2 Å². The van der Waals surface area contributed by atoms with Gasteiger partial charge in [-0.3, -0.25) is 14.5 Å². The van der Waals surface area contributed by atoms with E-state index in [1.54, 1.807) is 32.0 Å². The second-order valence-electron chi connectivity index (χ2n) is 9.99. The predicted octanol–water partition coefficient (Wildman–Crippen LogP) is 5.86. The first-order valence-electron chi connectivity index (χ1n) is 13.7. The van der Waals surface area contributed by atoms with Crippen LogP contribution in [0.1, 0.15) is 50.6 Å². The third-order valence-corrected chi connectivity index (χ3v) is 8.23. The summed E-state index contributed by atoms with van der Waals surface area (Å²) in [5, 5.41) is 22.0. The van der Waals surface area contributed by atoms with Gasteiger partial charge in [-0.1, -0.05) is 47.7 Å². The lowest BCUT2D eigenvalue weighted by Gasteiger charge is -2.23. The molecule has 0 unspecified atom stereocenters. The fraction of sp³-hybridized carbons (Fsp3) is 0.212. The molecular weight excluding hydrogens is 584 g/mol. The minimum absolute atomic E-state index is 0.0703. The largest absolute Gasteiger partial charge is 0.507 e. The fourth-order valence-corrected chi connectivity index (χ4v) is 5.95. The number of aliphatic hydroxyl groups is 1. The second-order valence-corrected chi connectivity index (χ2v) is 11.0. The normalized spacial score (nSPS) is 15.8. The zero-order valence-electron chi connectivity index (χ0n) is 24.5. The summed E-state index contributed by atoms with van der Waals surface area (Å²) in [6.45, 7) is 5.76. The molecule has 1 fully saturated rings. The van der Waals surface area contributed by atoms with Crippen LogP contribution in [-0.4, -0.2) is 46.6 Å². The van der Waals surface area contributed by atoms with E-state index in [-0.39, 0.29) is 33.7 Å². The van der Waals surface area contributed by atoms with E-state index >= 15 is 0 Å². The van der Waals surface area contributed by atoms with Crippen molar-refractivity contribution in [1.82, 2.24) is 4.98 Å². The lowest BCUT2D eigenvalue weighted by molar-refractivity contribution is -0.132. The maximum atomic E-state index is 13.6. The van der Waals surface area contributed by atoms with Crippen LogP contribution in [0.2, 0.25) is 0 Å². The van der Waals surface area contributed by atoms with Gasteiger partial charge in [-0.15, -0.1) is 0 Å². The van der Waals surface area contributed by atoms with Crippen molar-refractivity contribution >= 4 is 39.9 Å². The lowest BCUT2D eigenvalue weighted by atomic mass is 9.94. The molecule has 5 rings (SSSR count). The highest BCUT2D eigenvalue weighted by Gasteiger charge is 2.48. The van der Waals surface area contributed by atoms with Crippen molar-refractivity contribution in [2.24, 2.45) is 0 Å². The van der Waals surface area contributed by atoms with Gasteiger partial charge in [-0.25, -0.2) is 9.78 Å². The Morgan fingerprint density at radius 2 is 1.75 bits per heavy atom. The number of anilines is 1. The Hall–Kier alpha value is -5.16. The molecule has 0 radical (unpaired) electrons. The van der Waals surface area contributed by atoms with Crippen LogP contribution in [0.3, 0.4) is 0 Å². The van der Waals surface area contributed by atoms with Crippen molar-refractivity contribution in [1.29, 1.82) is 0 Å². The quantitative estimate of drug-likeness (QED) is 0.103. The minimum Gasteiger partial charge on any atom is -0.507 e. The Bertz CT molecular complexity index is 1780. The van der Waals surface area contributed by atoms with Crippen molar-refractivity contribution in [3.63, 3.8) is 0 Å². The fourth-order valence-electron chi connectivity index (χ4n) is 4.93. The smallest absolute Gasteiger partial charge is 0.350 e. The number of benzene rings is 3. The summed E-state index contributed by atoms with van der Waals surface area (Å²) in [5.41, 5.74) is 2.50. The number of thiazole rings is 1. The molecule has 11 heteroatoms. The molecule has 1 saturated heterocycles. The lowest BCUT2D eigenvalue weighted by Crippen LogP contribution is -2.29. The molecule has 44 heavy (non-hydrogen) atoms. The molecule has 4 aromatic rings. The first-order valence-corrected chi connectivity index (χ1v) is 14.6. The highest BCUT2D eigenvalue weighted by atomic mass is 32.1. The molecule has 1 amide bonds. The SMILES string of the molecule is CCOc1cc([C@H]2/C(=C(\O)c3ccc(OCc4ccccc4)c(C)c3)C(=O)C(=O)N2c2nc(C)c(C(=O)OC)s2)ccc1O. The number of nitrogens with zero attached hydrogens (tertiary/aromatic N) is 2. The van der Waals surface area contributed by atoms with Gasteiger partial charge < -0.3 is 24.4 Å². The van der Waals surface area contributed by atoms with Crippen molar-refractivity contribution in [2.75, 3.05) is 18.6 Å². The van der Waals surface area contributed by atoms with E-state index < -0.39 is 29.5 Å². The predicted molar refractivity (Wildman–Crippen MR) is 164 cm³/mol. The summed E-state index contributed by atoms with van der Waals surface area (Å²) in [7, 11) is 1.24. The van der Waals surface area contributed by atoms with Crippen molar-refractivity contribution in [2.45, 2.75) is 33.4 Å². The number of Topliss-reactive ketones (excluding diaryl/α,β-unsaturated/α-hetero) is 1. The molecule has 0 aliphatic carbocycles. The molecule has 0 bridgehead atoms.